The molecule has 0 saturated carbocycles. The van der Waals surface area contributed by atoms with Crippen LogP contribution in [0.3, 0.4) is 0 Å². The molecule has 4 heteroatoms. The van der Waals surface area contributed by atoms with E-state index in [1.165, 1.54) is 6.42 Å². The number of aromatic carboxylic acids is 1. The van der Waals surface area contributed by atoms with Crippen molar-refractivity contribution in [3.05, 3.63) is 29.8 Å². The Bertz CT molecular complexity index is 413. The molecule has 1 fully saturated rings. The van der Waals surface area contributed by atoms with E-state index in [1.807, 2.05) is 13.1 Å². The highest BCUT2D eigenvalue weighted by molar-refractivity contribution is 5.88. The molecule has 98 valence electrons. The van der Waals surface area contributed by atoms with Gasteiger partial charge in [-0.05, 0) is 37.0 Å². The molecule has 0 bridgehead atoms. The van der Waals surface area contributed by atoms with Crippen molar-refractivity contribution in [1.82, 2.24) is 0 Å². The van der Waals surface area contributed by atoms with Crippen LogP contribution < -0.4 is 4.90 Å². The lowest BCUT2D eigenvalue weighted by atomic mass is 10.0. The van der Waals surface area contributed by atoms with Crippen molar-refractivity contribution in [2.24, 2.45) is 5.92 Å². The van der Waals surface area contributed by atoms with Crippen molar-refractivity contribution >= 4 is 11.7 Å². The van der Waals surface area contributed by atoms with E-state index >= 15 is 0 Å². The maximum atomic E-state index is 10.9. The highest BCUT2D eigenvalue weighted by atomic mass is 16.5. The molecule has 0 radical (unpaired) electrons. The van der Waals surface area contributed by atoms with Crippen molar-refractivity contribution in [3.8, 4) is 0 Å². The van der Waals surface area contributed by atoms with E-state index in [4.69, 9.17) is 9.84 Å². The predicted octanol–water partition coefficient (Wildman–Crippen LogP) is 2.25. The van der Waals surface area contributed by atoms with Gasteiger partial charge in [-0.2, -0.15) is 0 Å². The largest absolute Gasteiger partial charge is 0.478 e. The number of carbonyl (C=O) groups is 1. The molecule has 4 nitrogen and oxygen atoms in total. The minimum absolute atomic E-state index is 0.333. The van der Waals surface area contributed by atoms with Crippen molar-refractivity contribution in [3.63, 3.8) is 0 Å². The number of carboxylic acids is 1. The fourth-order valence-electron chi connectivity index (χ4n) is 2.32. The zero-order chi connectivity index (χ0) is 13.0. The van der Waals surface area contributed by atoms with Gasteiger partial charge in [0, 0.05) is 25.9 Å². The minimum Gasteiger partial charge on any atom is -0.478 e. The van der Waals surface area contributed by atoms with Crippen LogP contribution in [0.2, 0.25) is 0 Å². The van der Waals surface area contributed by atoms with Crippen LogP contribution in [0.4, 0.5) is 5.69 Å². The number of hydrogen-bond acceptors (Lipinski definition) is 3. The molecule has 1 N–H and O–H groups in total. The summed E-state index contributed by atoms with van der Waals surface area (Å²) in [5.41, 5.74) is 1.28. The standard InChI is InChI=1S/C14H19NO3/c1-15(9-11-4-3-7-18-10-11)13-6-2-5-12(8-13)14(16)17/h2,5-6,8,11H,3-4,7,9-10H2,1H3,(H,16,17). The van der Waals surface area contributed by atoms with Gasteiger partial charge in [0.25, 0.3) is 0 Å². The Labute approximate surface area is 107 Å². The second-order valence-electron chi connectivity index (χ2n) is 4.82. The zero-order valence-electron chi connectivity index (χ0n) is 10.6. The summed E-state index contributed by atoms with van der Waals surface area (Å²) < 4.78 is 5.46. The average molecular weight is 249 g/mol. The maximum Gasteiger partial charge on any atom is 0.335 e. The SMILES string of the molecule is CN(CC1CCCOC1)c1cccc(C(=O)O)c1. The Morgan fingerprint density at radius 3 is 3.06 bits per heavy atom. The summed E-state index contributed by atoms with van der Waals surface area (Å²) >= 11 is 0. The van der Waals surface area contributed by atoms with Gasteiger partial charge in [0.1, 0.15) is 0 Å². The van der Waals surface area contributed by atoms with Gasteiger partial charge >= 0.3 is 5.97 Å². The highest BCUT2D eigenvalue weighted by Gasteiger charge is 2.16. The van der Waals surface area contributed by atoms with E-state index in [9.17, 15) is 4.79 Å². The molecule has 0 amide bonds. The summed E-state index contributed by atoms with van der Waals surface area (Å²) in [4.78, 5) is 13.0. The molecule has 0 aromatic heterocycles. The molecule has 0 spiro atoms. The van der Waals surface area contributed by atoms with Crippen molar-refractivity contribution in [1.29, 1.82) is 0 Å². The first-order valence-electron chi connectivity index (χ1n) is 6.29. The molecule has 0 aliphatic carbocycles. The summed E-state index contributed by atoms with van der Waals surface area (Å²) in [5.74, 6) is -0.344. The van der Waals surface area contributed by atoms with Crippen LogP contribution in [0, 0.1) is 5.92 Å². The third kappa shape index (κ3) is 3.23. The maximum absolute atomic E-state index is 10.9. The summed E-state index contributed by atoms with van der Waals surface area (Å²) in [5, 5.41) is 8.97. The quantitative estimate of drug-likeness (QED) is 0.889. The molecule has 1 aliphatic rings. The number of benzene rings is 1. The van der Waals surface area contributed by atoms with E-state index in [0.717, 1.165) is 31.9 Å². The molecule has 1 saturated heterocycles. The number of ether oxygens (including phenoxy) is 1. The molecule has 1 aromatic rings. The topological polar surface area (TPSA) is 49.8 Å². The van der Waals surface area contributed by atoms with Crippen LogP contribution in [0.5, 0.6) is 0 Å². The Hall–Kier alpha value is -1.55. The number of carboxylic acid groups (broad SMARTS) is 1. The Morgan fingerprint density at radius 1 is 1.56 bits per heavy atom. The average Bonchev–Trinajstić information content (AvgIpc) is 2.40. The predicted molar refractivity (Wildman–Crippen MR) is 70.2 cm³/mol. The van der Waals surface area contributed by atoms with Gasteiger partial charge in [0.05, 0.1) is 12.2 Å². The molecule has 1 atom stereocenters. The van der Waals surface area contributed by atoms with Crippen LogP contribution in [0.25, 0.3) is 0 Å². The third-order valence-corrected chi connectivity index (χ3v) is 3.32. The number of anilines is 1. The Kier molecular flexibility index (Phi) is 4.20. The van der Waals surface area contributed by atoms with Crippen LogP contribution >= 0.6 is 0 Å². The smallest absolute Gasteiger partial charge is 0.335 e. The first kappa shape index (κ1) is 12.9. The lowest BCUT2D eigenvalue weighted by Crippen LogP contribution is -2.30. The van der Waals surface area contributed by atoms with Gasteiger partial charge in [0.15, 0.2) is 0 Å². The van der Waals surface area contributed by atoms with Gasteiger partial charge in [0.2, 0.25) is 0 Å². The lowest BCUT2D eigenvalue weighted by Gasteiger charge is -2.28. The van der Waals surface area contributed by atoms with Crippen molar-refractivity contribution in [2.45, 2.75) is 12.8 Å². The molecule has 1 heterocycles. The van der Waals surface area contributed by atoms with E-state index in [0.29, 0.717) is 11.5 Å². The Balaban J connectivity index is 2.01. The van der Waals surface area contributed by atoms with Gasteiger partial charge < -0.3 is 14.7 Å². The molecule has 18 heavy (non-hydrogen) atoms. The highest BCUT2D eigenvalue weighted by Crippen LogP contribution is 2.20. The number of hydrogen-bond donors (Lipinski definition) is 1. The van der Waals surface area contributed by atoms with Crippen LogP contribution in [-0.2, 0) is 4.74 Å². The third-order valence-electron chi connectivity index (χ3n) is 3.32. The lowest BCUT2D eigenvalue weighted by molar-refractivity contribution is 0.0576. The fourth-order valence-corrected chi connectivity index (χ4v) is 2.32. The monoisotopic (exact) mass is 249 g/mol. The summed E-state index contributed by atoms with van der Waals surface area (Å²) in [6, 6.07) is 7.05. The van der Waals surface area contributed by atoms with Gasteiger partial charge in [-0.3, -0.25) is 0 Å². The van der Waals surface area contributed by atoms with Crippen LogP contribution in [0.1, 0.15) is 23.2 Å². The summed E-state index contributed by atoms with van der Waals surface area (Å²) in [7, 11) is 2.00. The fraction of sp³-hybridized carbons (Fsp3) is 0.500. The minimum atomic E-state index is -0.883. The summed E-state index contributed by atoms with van der Waals surface area (Å²) in [6.45, 7) is 2.58. The van der Waals surface area contributed by atoms with E-state index in [1.54, 1.807) is 18.2 Å². The molecular weight excluding hydrogens is 230 g/mol. The normalized spacial score (nSPS) is 19.5. The molecule has 2 rings (SSSR count). The van der Waals surface area contributed by atoms with Gasteiger partial charge in [-0.25, -0.2) is 4.79 Å². The molecule has 1 aromatic carbocycles. The van der Waals surface area contributed by atoms with Crippen LogP contribution in [-0.4, -0.2) is 37.9 Å². The van der Waals surface area contributed by atoms with Gasteiger partial charge in [-0.15, -0.1) is 0 Å². The zero-order valence-corrected chi connectivity index (χ0v) is 10.6. The first-order chi connectivity index (χ1) is 8.66. The molecule has 1 aliphatic heterocycles. The van der Waals surface area contributed by atoms with E-state index < -0.39 is 5.97 Å². The van der Waals surface area contributed by atoms with Crippen molar-refractivity contribution < 1.29 is 14.6 Å². The Morgan fingerprint density at radius 2 is 2.39 bits per heavy atom. The van der Waals surface area contributed by atoms with Crippen LogP contribution in [0.15, 0.2) is 24.3 Å². The first-order valence-corrected chi connectivity index (χ1v) is 6.29. The number of nitrogens with zero attached hydrogens (tertiary/aromatic N) is 1. The second kappa shape index (κ2) is 5.87. The van der Waals surface area contributed by atoms with E-state index in [2.05, 4.69) is 4.90 Å². The van der Waals surface area contributed by atoms with E-state index in [-0.39, 0.29) is 0 Å². The second-order valence-corrected chi connectivity index (χ2v) is 4.82. The number of rotatable bonds is 4. The van der Waals surface area contributed by atoms with Crippen molar-refractivity contribution in [2.75, 3.05) is 31.7 Å². The molecular formula is C14H19NO3. The summed E-state index contributed by atoms with van der Waals surface area (Å²) in [6.07, 6.45) is 2.30. The van der Waals surface area contributed by atoms with Gasteiger partial charge in [-0.1, -0.05) is 6.07 Å². The molecule has 1 unspecified atom stereocenters.